The fourth-order valence-corrected chi connectivity index (χ4v) is 4.28. The van der Waals surface area contributed by atoms with Gasteiger partial charge >= 0.3 is 6.18 Å². The summed E-state index contributed by atoms with van der Waals surface area (Å²) in [6.45, 7) is 9.09. The van der Waals surface area contributed by atoms with E-state index in [0.717, 1.165) is 37.2 Å². The van der Waals surface area contributed by atoms with Crippen molar-refractivity contribution in [2.24, 2.45) is 22.7 Å². The Morgan fingerprint density at radius 2 is 1.85 bits per heavy atom. The van der Waals surface area contributed by atoms with Crippen LogP contribution in [0.3, 0.4) is 0 Å². The van der Waals surface area contributed by atoms with Gasteiger partial charge in [0, 0.05) is 48.4 Å². The number of aliphatic imine (C=N–C) groups is 1. The molecule has 1 aromatic carbocycles. The fraction of sp³-hybridized carbons (Fsp3) is 0.538. The minimum absolute atomic E-state index is 0.00299. The minimum Gasteiger partial charge on any atom is -0.360 e. The van der Waals surface area contributed by atoms with Gasteiger partial charge in [-0.3, -0.25) is 4.79 Å². The maximum atomic E-state index is 13.5. The van der Waals surface area contributed by atoms with Gasteiger partial charge in [-0.25, -0.2) is 4.99 Å². The molecule has 2 aliphatic rings. The van der Waals surface area contributed by atoms with Crippen molar-refractivity contribution in [3.63, 3.8) is 0 Å². The molecule has 1 unspecified atom stereocenters. The highest BCUT2D eigenvalue weighted by Crippen LogP contribution is 2.34. The van der Waals surface area contributed by atoms with Crippen LogP contribution in [0.25, 0.3) is 0 Å². The molecule has 34 heavy (non-hydrogen) atoms. The molecule has 1 aliphatic heterocycles. The number of hydrogen-bond acceptors (Lipinski definition) is 2. The van der Waals surface area contributed by atoms with Crippen LogP contribution in [0.1, 0.15) is 46.0 Å². The number of hydrogen-bond donors (Lipinski definition) is 0. The molecule has 0 bridgehead atoms. The topological polar surface area (TPSA) is 35.9 Å². The Morgan fingerprint density at radius 3 is 2.35 bits per heavy atom. The van der Waals surface area contributed by atoms with Gasteiger partial charge in [-0.05, 0) is 62.3 Å². The van der Waals surface area contributed by atoms with Crippen molar-refractivity contribution in [2.45, 2.75) is 52.1 Å². The molecular formula is C26H33ClF3N3O. The standard InChI is InChI=1S/C26H33ClF3N3O/c1-4-18(3)24(31-16-21(5-2)26(28,29)30)32-14-12-20(13-15-32)25(34)33(17-19-6-7-19)23-10-8-22(27)9-11-23/h5,8-11,16,18-20H,2,4,6-7,12-15,17H2,1,3H3/b21-16+,31-24?. The van der Waals surface area contributed by atoms with Gasteiger partial charge in [0.05, 0.1) is 5.57 Å². The van der Waals surface area contributed by atoms with Crippen molar-refractivity contribution in [1.82, 2.24) is 4.90 Å². The third kappa shape index (κ3) is 6.87. The van der Waals surface area contributed by atoms with Crippen LogP contribution in [-0.4, -0.2) is 42.5 Å². The molecular weight excluding hydrogens is 463 g/mol. The van der Waals surface area contributed by atoms with E-state index in [1.807, 2.05) is 35.8 Å². The predicted octanol–water partition coefficient (Wildman–Crippen LogP) is 6.87. The van der Waals surface area contributed by atoms with Crippen LogP contribution in [0.4, 0.5) is 18.9 Å². The molecule has 3 rings (SSSR count). The molecule has 0 radical (unpaired) electrons. The molecule has 1 saturated heterocycles. The maximum absolute atomic E-state index is 13.5. The number of halogens is 4. The molecule has 8 heteroatoms. The van der Waals surface area contributed by atoms with E-state index >= 15 is 0 Å². The summed E-state index contributed by atoms with van der Waals surface area (Å²) in [4.78, 5) is 21.6. The lowest BCUT2D eigenvalue weighted by molar-refractivity contribution is -0.123. The van der Waals surface area contributed by atoms with E-state index < -0.39 is 11.7 Å². The number of amides is 1. The number of allylic oxidation sites excluding steroid dienone is 2. The summed E-state index contributed by atoms with van der Waals surface area (Å²) in [5, 5.41) is 0.631. The number of rotatable bonds is 8. The number of benzene rings is 1. The summed E-state index contributed by atoms with van der Waals surface area (Å²) in [5.74, 6) is 1.16. The Labute approximate surface area is 205 Å². The van der Waals surface area contributed by atoms with Crippen molar-refractivity contribution >= 4 is 29.0 Å². The Bertz CT molecular complexity index is 914. The van der Waals surface area contributed by atoms with Crippen LogP contribution in [-0.2, 0) is 4.79 Å². The normalized spacial score (nSPS) is 19.2. The van der Waals surface area contributed by atoms with E-state index in [1.54, 1.807) is 12.1 Å². The van der Waals surface area contributed by atoms with Gasteiger partial charge in [0.1, 0.15) is 5.84 Å². The smallest absolute Gasteiger partial charge is 0.360 e. The quantitative estimate of drug-likeness (QED) is 0.224. The molecule has 1 aromatic rings. The first kappa shape index (κ1) is 26.3. The lowest BCUT2D eigenvalue weighted by Crippen LogP contribution is -2.46. The van der Waals surface area contributed by atoms with Crippen LogP contribution in [0.5, 0.6) is 0 Å². The summed E-state index contributed by atoms with van der Waals surface area (Å²) >= 11 is 6.03. The first-order valence-corrected chi connectivity index (χ1v) is 12.3. The zero-order valence-corrected chi connectivity index (χ0v) is 20.6. The first-order valence-electron chi connectivity index (χ1n) is 11.9. The fourth-order valence-electron chi connectivity index (χ4n) is 4.16. The molecule has 1 saturated carbocycles. The van der Waals surface area contributed by atoms with Gasteiger partial charge in [0.15, 0.2) is 0 Å². The van der Waals surface area contributed by atoms with Gasteiger partial charge < -0.3 is 9.80 Å². The van der Waals surface area contributed by atoms with E-state index in [2.05, 4.69) is 11.6 Å². The maximum Gasteiger partial charge on any atom is 0.417 e. The van der Waals surface area contributed by atoms with Crippen molar-refractivity contribution in [3.05, 3.63) is 53.7 Å². The SMILES string of the molecule is C=C/C(=C\N=C(C(C)CC)N1CCC(C(=O)N(CC2CC2)c2ccc(Cl)cc2)CC1)C(F)(F)F. The van der Waals surface area contributed by atoms with Crippen LogP contribution >= 0.6 is 11.6 Å². The second kappa shape index (κ2) is 11.4. The number of amidine groups is 1. The average molecular weight is 496 g/mol. The summed E-state index contributed by atoms with van der Waals surface area (Å²) in [6, 6.07) is 7.37. The molecule has 186 valence electrons. The monoisotopic (exact) mass is 495 g/mol. The van der Waals surface area contributed by atoms with Crippen molar-refractivity contribution < 1.29 is 18.0 Å². The Balaban J connectivity index is 1.72. The largest absolute Gasteiger partial charge is 0.417 e. The zero-order chi connectivity index (χ0) is 24.9. The molecule has 4 nitrogen and oxygen atoms in total. The van der Waals surface area contributed by atoms with Gasteiger partial charge in [-0.15, -0.1) is 0 Å². The van der Waals surface area contributed by atoms with Gasteiger partial charge in [0.2, 0.25) is 5.91 Å². The van der Waals surface area contributed by atoms with E-state index in [0.29, 0.717) is 49.3 Å². The highest BCUT2D eigenvalue weighted by molar-refractivity contribution is 6.30. The Kier molecular flexibility index (Phi) is 8.85. The summed E-state index contributed by atoms with van der Waals surface area (Å²) in [7, 11) is 0. The lowest BCUT2D eigenvalue weighted by Gasteiger charge is -2.37. The van der Waals surface area contributed by atoms with Gasteiger partial charge in [-0.1, -0.05) is 38.1 Å². The van der Waals surface area contributed by atoms with Crippen molar-refractivity contribution in [1.29, 1.82) is 0 Å². The minimum atomic E-state index is -4.49. The third-order valence-corrected chi connectivity index (χ3v) is 6.90. The number of likely N-dealkylation sites (tertiary alicyclic amines) is 1. The molecule has 0 aromatic heterocycles. The zero-order valence-electron chi connectivity index (χ0n) is 19.8. The number of carbonyl (C=O) groups is 1. The molecule has 1 heterocycles. The Morgan fingerprint density at radius 1 is 1.24 bits per heavy atom. The van der Waals surface area contributed by atoms with E-state index in [9.17, 15) is 18.0 Å². The third-order valence-electron chi connectivity index (χ3n) is 6.65. The van der Waals surface area contributed by atoms with Crippen LogP contribution in [0.2, 0.25) is 5.02 Å². The number of piperidine rings is 1. The molecule has 2 fully saturated rings. The van der Waals surface area contributed by atoms with E-state index in [1.165, 1.54) is 0 Å². The van der Waals surface area contributed by atoms with Crippen molar-refractivity contribution in [3.8, 4) is 0 Å². The number of nitrogens with zero attached hydrogens (tertiary/aromatic N) is 3. The van der Waals surface area contributed by atoms with Gasteiger partial charge in [-0.2, -0.15) is 13.2 Å². The first-order chi connectivity index (χ1) is 16.1. The van der Waals surface area contributed by atoms with Crippen molar-refractivity contribution in [2.75, 3.05) is 24.5 Å². The summed E-state index contributed by atoms with van der Waals surface area (Å²) < 4.78 is 39.3. The number of alkyl halides is 3. The highest BCUT2D eigenvalue weighted by Gasteiger charge is 2.35. The average Bonchev–Trinajstić information content (AvgIpc) is 3.64. The predicted molar refractivity (Wildman–Crippen MR) is 132 cm³/mol. The van der Waals surface area contributed by atoms with E-state index in [4.69, 9.17) is 11.6 Å². The van der Waals surface area contributed by atoms with Crippen LogP contribution in [0.15, 0.2) is 53.7 Å². The van der Waals surface area contributed by atoms with Gasteiger partial charge in [0.25, 0.3) is 0 Å². The molecule has 0 spiro atoms. The highest BCUT2D eigenvalue weighted by atomic mass is 35.5. The molecule has 1 amide bonds. The van der Waals surface area contributed by atoms with Crippen LogP contribution < -0.4 is 4.90 Å². The second-order valence-corrected chi connectivity index (χ2v) is 9.65. The second-order valence-electron chi connectivity index (χ2n) is 9.21. The Hall–Kier alpha value is -2.28. The molecule has 0 N–H and O–H groups in total. The number of carbonyl (C=O) groups excluding carboxylic acids is 1. The van der Waals surface area contributed by atoms with Crippen LogP contribution in [0, 0.1) is 17.8 Å². The molecule has 1 atom stereocenters. The summed E-state index contributed by atoms with van der Waals surface area (Å²) in [6.07, 6.45) is 1.48. The molecule has 1 aliphatic carbocycles. The summed E-state index contributed by atoms with van der Waals surface area (Å²) in [5.41, 5.74) is -0.00289. The lowest BCUT2D eigenvalue weighted by atomic mass is 9.93. The number of anilines is 1. The van der Waals surface area contributed by atoms with E-state index in [-0.39, 0.29) is 17.7 Å².